The lowest BCUT2D eigenvalue weighted by Gasteiger charge is -2.09. The molecule has 1 heterocycles. The molecule has 0 amide bonds. The van der Waals surface area contributed by atoms with Crippen LogP contribution in [-0.2, 0) is 0 Å². The van der Waals surface area contributed by atoms with Gasteiger partial charge in [-0.3, -0.25) is 4.79 Å². The summed E-state index contributed by atoms with van der Waals surface area (Å²) >= 11 is 9.87. The van der Waals surface area contributed by atoms with E-state index in [9.17, 15) is 4.79 Å². The molecular formula is C13H11ClN2O3S. The second kappa shape index (κ2) is 6.11. The molecule has 0 aliphatic heterocycles. The smallest absolute Gasteiger partial charge is 0.220 e. The van der Waals surface area contributed by atoms with Crippen molar-refractivity contribution in [3.8, 4) is 23.1 Å². The molecule has 104 valence electrons. The van der Waals surface area contributed by atoms with Crippen molar-refractivity contribution in [2.75, 3.05) is 14.2 Å². The van der Waals surface area contributed by atoms with Crippen molar-refractivity contribution in [2.45, 2.75) is 0 Å². The summed E-state index contributed by atoms with van der Waals surface area (Å²) in [6.45, 7) is 0. The number of hydrogen-bond donors (Lipinski definition) is 1. The second-order valence-electron chi connectivity index (χ2n) is 3.74. The number of carbonyl (C=O) groups excluding carboxylic acids is 1. The Balaban J connectivity index is 2.68. The average molecular weight is 311 g/mol. The lowest BCUT2D eigenvalue weighted by atomic mass is 10.1. The Kier molecular flexibility index (Phi) is 4.46. The number of aromatic nitrogens is 2. The Morgan fingerprint density at radius 1 is 1.20 bits per heavy atom. The number of carbonyl (C=O) groups is 1. The Hall–Kier alpha value is -1.79. The lowest BCUT2D eigenvalue weighted by molar-refractivity contribution is 0.109. The molecule has 0 saturated heterocycles. The van der Waals surface area contributed by atoms with Crippen LogP contribution in [-0.4, -0.2) is 29.3 Å². The van der Waals surface area contributed by atoms with Gasteiger partial charge in [-0.15, -0.1) is 12.6 Å². The maximum atomic E-state index is 11.6. The Morgan fingerprint density at radius 2 is 1.80 bits per heavy atom. The van der Waals surface area contributed by atoms with E-state index in [1.807, 2.05) is 0 Å². The first kappa shape index (κ1) is 14.6. The van der Waals surface area contributed by atoms with E-state index in [2.05, 4.69) is 22.6 Å². The van der Waals surface area contributed by atoms with Crippen LogP contribution in [0, 0.1) is 0 Å². The van der Waals surface area contributed by atoms with Crippen LogP contribution in [0.4, 0.5) is 0 Å². The van der Waals surface area contributed by atoms with Crippen LogP contribution in [0.5, 0.6) is 11.8 Å². The van der Waals surface area contributed by atoms with Crippen LogP contribution in [0.2, 0.25) is 5.02 Å². The molecule has 0 aliphatic rings. The fraction of sp³-hybridized carbons (Fsp3) is 0.154. The van der Waals surface area contributed by atoms with Gasteiger partial charge in [0.1, 0.15) is 0 Å². The SMILES string of the molecule is COc1cc(OC)nc(-c2cccc(Cl)c2C(=O)S)n1. The highest BCUT2D eigenvalue weighted by Crippen LogP contribution is 2.30. The van der Waals surface area contributed by atoms with Crippen molar-refractivity contribution in [3.05, 3.63) is 34.9 Å². The van der Waals surface area contributed by atoms with Gasteiger partial charge in [0.15, 0.2) is 5.82 Å². The lowest BCUT2D eigenvalue weighted by Crippen LogP contribution is -2.01. The molecule has 0 aliphatic carbocycles. The summed E-state index contributed by atoms with van der Waals surface area (Å²) in [5.41, 5.74) is 0.711. The highest BCUT2D eigenvalue weighted by atomic mass is 35.5. The monoisotopic (exact) mass is 310 g/mol. The summed E-state index contributed by atoms with van der Waals surface area (Å²) < 4.78 is 10.2. The summed E-state index contributed by atoms with van der Waals surface area (Å²) in [6.07, 6.45) is 0. The molecule has 0 N–H and O–H groups in total. The molecular weight excluding hydrogens is 300 g/mol. The number of rotatable bonds is 4. The standard InChI is InChI=1S/C13H11ClN2O3S/c1-18-9-6-10(19-2)16-12(15-9)7-4-3-5-8(14)11(7)13(17)20/h3-6H,1-2H3,(H,17,20). The molecule has 5 nitrogen and oxygen atoms in total. The first-order valence-corrected chi connectivity index (χ1v) is 6.38. The minimum absolute atomic E-state index is 0.243. The predicted molar refractivity (Wildman–Crippen MR) is 78.9 cm³/mol. The van der Waals surface area contributed by atoms with Gasteiger partial charge in [0.25, 0.3) is 0 Å². The minimum atomic E-state index is -0.462. The third-order valence-corrected chi connectivity index (χ3v) is 3.10. The fourth-order valence-electron chi connectivity index (χ4n) is 1.66. The van der Waals surface area contributed by atoms with Gasteiger partial charge < -0.3 is 9.47 Å². The van der Waals surface area contributed by atoms with E-state index in [1.54, 1.807) is 18.2 Å². The number of halogens is 1. The van der Waals surface area contributed by atoms with Crippen LogP contribution in [0.3, 0.4) is 0 Å². The van der Waals surface area contributed by atoms with E-state index in [1.165, 1.54) is 20.3 Å². The van der Waals surface area contributed by atoms with Gasteiger partial charge in [-0.1, -0.05) is 23.7 Å². The van der Waals surface area contributed by atoms with Crippen molar-refractivity contribution < 1.29 is 14.3 Å². The maximum Gasteiger partial charge on any atom is 0.220 e. The van der Waals surface area contributed by atoms with Gasteiger partial charge >= 0.3 is 0 Å². The molecule has 0 atom stereocenters. The number of thiol groups is 1. The van der Waals surface area contributed by atoms with Crippen molar-refractivity contribution >= 4 is 29.3 Å². The molecule has 0 unspecified atom stereocenters. The molecule has 2 rings (SSSR count). The first-order chi connectivity index (χ1) is 9.56. The molecule has 0 radical (unpaired) electrons. The van der Waals surface area contributed by atoms with Crippen LogP contribution < -0.4 is 9.47 Å². The summed E-state index contributed by atoms with van der Waals surface area (Å²) in [6, 6.07) is 6.53. The fourth-order valence-corrected chi connectivity index (χ4v) is 2.23. The summed E-state index contributed by atoms with van der Waals surface area (Å²) in [4.78, 5) is 20.0. The molecule has 7 heteroatoms. The van der Waals surface area contributed by atoms with Crippen molar-refractivity contribution in [1.29, 1.82) is 0 Å². The molecule has 1 aromatic heterocycles. The topological polar surface area (TPSA) is 61.3 Å². The average Bonchev–Trinajstić information content (AvgIpc) is 2.45. The summed E-state index contributed by atoms with van der Waals surface area (Å²) in [7, 11) is 2.96. The van der Waals surface area contributed by atoms with Crippen molar-refractivity contribution in [2.24, 2.45) is 0 Å². The van der Waals surface area contributed by atoms with E-state index < -0.39 is 5.12 Å². The van der Waals surface area contributed by atoms with Crippen LogP contribution in [0.1, 0.15) is 10.4 Å². The molecule has 0 spiro atoms. The van der Waals surface area contributed by atoms with E-state index in [4.69, 9.17) is 21.1 Å². The van der Waals surface area contributed by atoms with Gasteiger partial charge in [-0.05, 0) is 6.07 Å². The normalized spacial score (nSPS) is 10.2. The quantitative estimate of drug-likeness (QED) is 0.880. The zero-order valence-electron chi connectivity index (χ0n) is 10.8. The predicted octanol–water partition coefficient (Wildman–Crippen LogP) is 2.88. The van der Waals surface area contributed by atoms with Crippen molar-refractivity contribution in [3.63, 3.8) is 0 Å². The third kappa shape index (κ3) is 2.86. The van der Waals surface area contributed by atoms with Crippen molar-refractivity contribution in [1.82, 2.24) is 9.97 Å². The molecule has 20 heavy (non-hydrogen) atoms. The number of benzene rings is 1. The summed E-state index contributed by atoms with van der Waals surface area (Å²) in [5, 5.41) is -0.177. The van der Waals surface area contributed by atoms with E-state index in [0.29, 0.717) is 17.3 Å². The highest BCUT2D eigenvalue weighted by molar-refractivity contribution is 7.97. The van der Waals surface area contributed by atoms with E-state index in [0.717, 1.165) is 0 Å². The molecule has 0 fully saturated rings. The minimum Gasteiger partial charge on any atom is -0.481 e. The molecule has 0 saturated carbocycles. The maximum absolute atomic E-state index is 11.6. The Morgan fingerprint density at radius 3 is 2.30 bits per heavy atom. The van der Waals surface area contributed by atoms with Gasteiger partial charge in [0.2, 0.25) is 16.9 Å². The molecule has 1 aromatic carbocycles. The number of hydrogen-bond acceptors (Lipinski definition) is 5. The molecule has 2 aromatic rings. The highest BCUT2D eigenvalue weighted by Gasteiger charge is 2.17. The van der Waals surface area contributed by atoms with Crippen LogP contribution in [0.15, 0.2) is 24.3 Å². The largest absolute Gasteiger partial charge is 0.481 e. The summed E-state index contributed by atoms with van der Waals surface area (Å²) in [5.74, 6) is 0.926. The van der Waals surface area contributed by atoms with Gasteiger partial charge in [-0.25, -0.2) is 0 Å². The third-order valence-electron chi connectivity index (χ3n) is 2.57. The zero-order valence-corrected chi connectivity index (χ0v) is 12.4. The van der Waals surface area contributed by atoms with E-state index in [-0.39, 0.29) is 16.4 Å². The van der Waals surface area contributed by atoms with Crippen LogP contribution >= 0.6 is 24.2 Å². The van der Waals surface area contributed by atoms with Gasteiger partial charge in [-0.2, -0.15) is 9.97 Å². The Bertz CT molecular complexity index is 642. The second-order valence-corrected chi connectivity index (χ2v) is 4.56. The number of ether oxygens (including phenoxy) is 2. The molecule has 0 bridgehead atoms. The first-order valence-electron chi connectivity index (χ1n) is 5.56. The Labute approximate surface area is 126 Å². The van der Waals surface area contributed by atoms with Crippen LogP contribution in [0.25, 0.3) is 11.4 Å². The number of nitrogens with zero attached hydrogens (tertiary/aromatic N) is 2. The van der Waals surface area contributed by atoms with E-state index >= 15 is 0 Å². The van der Waals surface area contributed by atoms with Gasteiger partial charge in [0.05, 0.1) is 30.9 Å². The number of methoxy groups -OCH3 is 2. The van der Waals surface area contributed by atoms with Gasteiger partial charge in [0, 0.05) is 5.56 Å². The zero-order chi connectivity index (χ0) is 14.7.